The van der Waals surface area contributed by atoms with Crippen LogP contribution >= 0.6 is 11.6 Å². The van der Waals surface area contributed by atoms with Crippen molar-refractivity contribution in [1.29, 1.82) is 0 Å². The van der Waals surface area contributed by atoms with Crippen molar-refractivity contribution in [1.82, 2.24) is 0 Å². The van der Waals surface area contributed by atoms with Crippen molar-refractivity contribution >= 4 is 29.4 Å². The van der Waals surface area contributed by atoms with E-state index in [1.807, 2.05) is 6.07 Å². The van der Waals surface area contributed by atoms with Crippen molar-refractivity contribution in [2.24, 2.45) is 0 Å². The van der Waals surface area contributed by atoms with Gasteiger partial charge in [0.05, 0.1) is 0 Å². The Kier molecular flexibility index (Phi) is 4.74. The molecule has 1 aromatic rings. The number of hydrogen-bond acceptors (Lipinski definition) is 3. The van der Waals surface area contributed by atoms with Crippen molar-refractivity contribution in [2.75, 3.05) is 0 Å². The molecule has 1 atom stereocenters. The summed E-state index contributed by atoms with van der Waals surface area (Å²) >= 11 is 5.84. The summed E-state index contributed by atoms with van der Waals surface area (Å²) in [5, 5.41) is 0.609. The van der Waals surface area contributed by atoms with Crippen LogP contribution in [0.25, 0.3) is 6.08 Å². The Morgan fingerprint density at radius 3 is 2.95 bits per heavy atom. The van der Waals surface area contributed by atoms with E-state index in [1.165, 1.54) is 6.08 Å². The van der Waals surface area contributed by atoms with Gasteiger partial charge in [0.2, 0.25) is 0 Å². The van der Waals surface area contributed by atoms with E-state index in [0.29, 0.717) is 17.9 Å². The molecule has 1 aromatic carbocycles. The largest absolute Gasteiger partial charge is 0.451 e. The van der Waals surface area contributed by atoms with Gasteiger partial charge in [0.15, 0.2) is 11.9 Å². The van der Waals surface area contributed by atoms with Gasteiger partial charge in [0, 0.05) is 17.5 Å². The highest BCUT2D eigenvalue weighted by molar-refractivity contribution is 6.30. The van der Waals surface area contributed by atoms with Crippen LogP contribution in [-0.2, 0) is 14.3 Å². The molecule has 19 heavy (non-hydrogen) atoms. The lowest BCUT2D eigenvalue weighted by molar-refractivity contribution is -0.152. The van der Waals surface area contributed by atoms with E-state index in [0.717, 1.165) is 18.4 Å². The zero-order chi connectivity index (χ0) is 13.7. The zero-order valence-electron chi connectivity index (χ0n) is 10.5. The number of hydrogen-bond donors (Lipinski definition) is 0. The zero-order valence-corrected chi connectivity index (χ0v) is 11.2. The molecule has 0 aromatic heterocycles. The second kappa shape index (κ2) is 6.53. The lowest BCUT2D eigenvalue weighted by Gasteiger charge is -2.19. The number of carbonyl (C=O) groups excluding carboxylic acids is 2. The number of halogens is 1. The normalized spacial score (nSPS) is 19.6. The first-order chi connectivity index (χ1) is 9.15. The van der Waals surface area contributed by atoms with Gasteiger partial charge in [-0.1, -0.05) is 23.7 Å². The Morgan fingerprint density at radius 1 is 1.37 bits per heavy atom. The fourth-order valence-corrected chi connectivity index (χ4v) is 2.23. The minimum Gasteiger partial charge on any atom is -0.451 e. The van der Waals surface area contributed by atoms with Crippen LogP contribution in [0.4, 0.5) is 0 Å². The van der Waals surface area contributed by atoms with Crippen LogP contribution in [0.1, 0.15) is 31.2 Å². The summed E-state index contributed by atoms with van der Waals surface area (Å²) in [4.78, 5) is 23.2. The topological polar surface area (TPSA) is 43.4 Å². The van der Waals surface area contributed by atoms with Crippen LogP contribution in [0.3, 0.4) is 0 Å². The molecule has 1 fully saturated rings. The van der Waals surface area contributed by atoms with E-state index < -0.39 is 12.1 Å². The summed E-state index contributed by atoms with van der Waals surface area (Å²) in [6, 6.07) is 7.15. The average Bonchev–Trinajstić information content (AvgIpc) is 2.39. The third-order valence-electron chi connectivity index (χ3n) is 3.02. The van der Waals surface area contributed by atoms with Gasteiger partial charge in [-0.25, -0.2) is 4.79 Å². The molecule has 1 unspecified atom stereocenters. The monoisotopic (exact) mass is 278 g/mol. The van der Waals surface area contributed by atoms with Gasteiger partial charge in [-0.05, 0) is 43.0 Å². The lowest BCUT2D eigenvalue weighted by Crippen LogP contribution is -2.29. The second-order valence-corrected chi connectivity index (χ2v) is 4.96. The molecule has 100 valence electrons. The number of esters is 1. The molecule has 1 saturated carbocycles. The second-order valence-electron chi connectivity index (χ2n) is 4.53. The van der Waals surface area contributed by atoms with E-state index in [1.54, 1.807) is 24.3 Å². The van der Waals surface area contributed by atoms with E-state index >= 15 is 0 Å². The SMILES string of the molecule is O=C(/C=C/c1cccc(Cl)c1)OC1CCCCC1=O. The number of Topliss-reactive ketones (excluding diaryl/α,β-unsaturated/α-hetero) is 1. The molecule has 0 radical (unpaired) electrons. The Bertz CT molecular complexity index is 508. The summed E-state index contributed by atoms with van der Waals surface area (Å²) in [5.74, 6) is -0.462. The van der Waals surface area contributed by atoms with Crippen molar-refractivity contribution < 1.29 is 14.3 Å². The summed E-state index contributed by atoms with van der Waals surface area (Å²) in [5.41, 5.74) is 0.819. The standard InChI is InChI=1S/C15H15ClO3/c16-12-5-3-4-11(10-12)8-9-15(18)19-14-7-2-1-6-13(14)17/h3-5,8-10,14H,1-2,6-7H2/b9-8+. The van der Waals surface area contributed by atoms with Gasteiger partial charge in [0.25, 0.3) is 0 Å². The molecule has 0 bridgehead atoms. The molecule has 3 nitrogen and oxygen atoms in total. The summed E-state index contributed by atoms with van der Waals surface area (Å²) < 4.78 is 5.15. The number of benzene rings is 1. The lowest BCUT2D eigenvalue weighted by atomic mass is 9.96. The molecule has 1 aliphatic rings. The van der Waals surface area contributed by atoms with Crippen LogP contribution in [0, 0.1) is 0 Å². The highest BCUT2D eigenvalue weighted by Crippen LogP contribution is 2.18. The Labute approximate surface area is 117 Å². The van der Waals surface area contributed by atoms with Crippen LogP contribution in [0.5, 0.6) is 0 Å². The molecule has 0 saturated heterocycles. The molecule has 0 N–H and O–H groups in total. The Morgan fingerprint density at radius 2 is 2.21 bits per heavy atom. The van der Waals surface area contributed by atoms with E-state index in [-0.39, 0.29) is 5.78 Å². The van der Waals surface area contributed by atoms with Crippen LogP contribution in [0.2, 0.25) is 5.02 Å². The first-order valence-corrected chi connectivity index (χ1v) is 6.70. The van der Waals surface area contributed by atoms with Crippen LogP contribution in [0.15, 0.2) is 30.3 Å². The van der Waals surface area contributed by atoms with Gasteiger partial charge >= 0.3 is 5.97 Å². The fourth-order valence-electron chi connectivity index (χ4n) is 2.03. The molecule has 0 aliphatic heterocycles. The van der Waals surface area contributed by atoms with Gasteiger partial charge in [0.1, 0.15) is 0 Å². The number of ketones is 1. The van der Waals surface area contributed by atoms with Gasteiger partial charge in [-0.3, -0.25) is 4.79 Å². The van der Waals surface area contributed by atoms with Crippen LogP contribution < -0.4 is 0 Å². The predicted molar refractivity (Wildman–Crippen MR) is 73.8 cm³/mol. The molecule has 0 amide bonds. The van der Waals surface area contributed by atoms with Crippen molar-refractivity contribution in [3.05, 3.63) is 40.9 Å². The first-order valence-electron chi connectivity index (χ1n) is 6.32. The molecular weight excluding hydrogens is 264 g/mol. The maximum absolute atomic E-state index is 11.6. The minimum absolute atomic E-state index is 0.0238. The fraction of sp³-hybridized carbons (Fsp3) is 0.333. The van der Waals surface area contributed by atoms with E-state index in [2.05, 4.69) is 0 Å². The first kappa shape index (κ1) is 13.8. The minimum atomic E-state index is -0.565. The van der Waals surface area contributed by atoms with Crippen molar-refractivity contribution in [3.8, 4) is 0 Å². The highest BCUT2D eigenvalue weighted by atomic mass is 35.5. The maximum Gasteiger partial charge on any atom is 0.331 e. The molecule has 0 heterocycles. The quantitative estimate of drug-likeness (QED) is 0.629. The van der Waals surface area contributed by atoms with Crippen molar-refractivity contribution in [2.45, 2.75) is 31.8 Å². The molecule has 4 heteroatoms. The highest BCUT2D eigenvalue weighted by Gasteiger charge is 2.24. The third-order valence-corrected chi connectivity index (χ3v) is 3.25. The number of carbonyl (C=O) groups is 2. The average molecular weight is 279 g/mol. The number of ether oxygens (including phenoxy) is 1. The smallest absolute Gasteiger partial charge is 0.331 e. The summed E-state index contributed by atoms with van der Waals surface area (Å²) in [7, 11) is 0. The summed E-state index contributed by atoms with van der Waals surface area (Å²) in [6.07, 6.45) is 5.36. The van der Waals surface area contributed by atoms with Gasteiger partial charge in [-0.2, -0.15) is 0 Å². The predicted octanol–water partition coefficient (Wildman–Crippen LogP) is 3.41. The van der Waals surface area contributed by atoms with Crippen molar-refractivity contribution in [3.63, 3.8) is 0 Å². The van der Waals surface area contributed by atoms with E-state index in [4.69, 9.17) is 16.3 Å². The molecule has 2 rings (SSSR count). The Hall–Kier alpha value is -1.61. The van der Waals surface area contributed by atoms with Gasteiger partial charge < -0.3 is 4.74 Å². The molecule has 1 aliphatic carbocycles. The molecule has 0 spiro atoms. The molecular formula is C15H15ClO3. The Balaban J connectivity index is 1.92. The number of rotatable bonds is 3. The van der Waals surface area contributed by atoms with Crippen LogP contribution in [-0.4, -0.2) is 17.9 Å². The van der Waals surface area contributed by atoms with E-state index in [9.17, 15) is 9.59 Å². The summed E-state index contributed by atoms with van der Waals surface area (Å²) in [6.45, 7) is 0. The maximum atomic E-state index is 11.6. The third kappa shape index (κ3) is 4.21. The van der Waals surface area contributed by atoms with Gasteiger partial charge in [-0.15, -0.1) is 0 Å².